The lowest BCUT2D eigenvalue weighted by atomic mass is 10.1. The van der Waals surface area contributed by atoms with E-state index in [2.05, 4.69) is 41.5 Å². The third kappa shape index (κ3) is 16.1. The summed E-state index contributed by atoms with van der Waals surface area (Å²) in [5.41, 5.74) is 0. The van der Waals surface area contributed by atoms with Gasteiger partial charge in [0.05, 0.1) is 0 Å². The van der Waals surface area contributed by atoms with Gasteiger partial charge in [-0.1, -0.05) is 67.2 Å². The lowest BCUT2D eigenvalue weighted by Crippen LogP contribution is -2.21. The first-order valence-corrected chi connectivity index (χ1v) is 9.15. The summed E-state index contributed by atoms with van der Waals surface area (Å²) in [6.45, 7) is 15.3. The van der Waals surface area contributed by atoms with Gasteiger partial charge in [-0.25, -0.2) is 0 Å². The van der Waals surface area contributed by atoms with Crippen molar-refractivity contribution in [2.75, 3.05) is 13.2 Å². The molecule has 0 amide bonds. The van der Waals surface area contributed by atoms with Gasteiger partial charge in [-0.05, 0) is 30.6 Å². The van der Waals surface area contributed by atoms with Crippen molar-refractivity contribution in [1.82, 2.24) is 0 Å². The molecular weight excluding hydrogens is 260 g/mol. The van der Waals surface area contributed by atoms with Crippen LogP contribution < -0.4 is 0 Å². The van der Waals surface area contributed by atoms with E-state index in [1.54, 1.807) is 0 Å². The Morgan fingerprint density at radius 3 is 1.33 bits per heavy atom. The predicted molar refractivity (Wildman–Crippen MR) is 92.5 cm³/mol. The summed E-state index contributed by atoms with van der Waals surface area (Å²) in [6.07, 6.45) is 8.45. The molecule has 0 saturated carbocycles. The number of hydrogen-bond donors (Lipinski definition) is 0. The quantitative estimate of drug-likeness (QED) is 0.287. The second-order valence-electron chi connectivity index (χ2n) is 7.58. The van der Waals surface area contributed by atoms with E-state index >= 15 is 0 Å². The number of rotatable bonds is 14. The van der Waals surface area contributed by atoms with Crippen molar-refractivity contribution in [3.8, 4) is 0 Å². The van der Waals surface area contributed by atoms with Gasteiger partial charge in [0.2, 0.25) is 0 Å². The Morgan fingerprint density at radius 2 is 1.00 bits per heavy atom. The largest absolute Gasteiger partial charge is 0.353 e. The fourth-order valence-corrected chi connectivity index (χ4v) is 2.31. The Hall–Kier alpha value is -0.0800. The Balaban J connectivity index is 3.71. The molecule has 128 valence electrons. The minimum atomic E-state index is 0.00287. The second-order valence-corrected chi connectivity index (χ2v) is 7.58. The SMILES string of the molecule is CC(C)CCCCOC(CC(C)C)OCCCCC(C)C. The van der Waals surface area contributed by atoms with E-state index in [1.165, 1.54) is 25.7 Å². The third-order valence-corrected chi connectivity index (χ3v) is 3.62. The molecule has 21 heavy (non-hydrogen) atoms. The highest BCUT2D eigenvalue weighted by Crippen LogP contribution is 2.13. The summed E-state index contributed by atoms with van der Waals surface area (Å²) >= 11 is 0. The van der Waals surface area contributed by atoms with Crippen LogP contribution in [-0.4, -0.2) is 19.5 Å². The van der Waals surface area contributed by atoms with Crippen molar-refractivity contribution >= 4 is 0 Å². The van der Waals surface area contributed by atoms with Gasteiger partial charge in [-0.3, -0.25) is 0 Å². The molecule has 0 rings (SSSR count). The van der Waals surface area contributed by atoms with Gasteiger partial charge in [-0.2, -0.15) is 0 Å². The molecule has 0 bridgehead atoms. The van der Waals surface area contributed by atoms with Crippen molar-refractivity contribution in [2.45, 2.75) is 92.8 Å². The maximum atomic E-state index is 5.94. The molecule has 0 spiro atoms. The smallest absolute Gasteiger partial charge is 0.157 e. The first-order valence-electron chi connectivity index (χ1n) is 9.15. The first-order chi connectivity index (χ1) is 9.91. The molecule has 2 nitrogen and oxygen atoms in total. The molecular formula is C19H40O2. The molecule has 0 N–H and O–H groups in total. The molecule has 2 heteroatoms. The molecule has 0 radical (unpaired) electrons. The van der Waals surface area contributed by atoms with E-state index in [0.29, 0.717) is 5.92 Å². The van der Waals surface area contributed by atoms with E-state index < -0.39 is 0 Å². The van der Waals surface area contributed by atoms with Crippen molar-refractivity contribution < 1.29 is 9.47 Å². The molecule has 0 aromatic rings. The predicted octanol–water partition coefficient (Wildman–Crippen LogP) is 6.04. The maximum Gasteiger partial charge on any atom is 0.157 e. The van der Waals surface area contributed by atoms with E-state index in [-0.39, 0.29) is 6.29 Å². The fourth-order valence-electron chi connectivity index (χ4n) is 2.31. The van der Waals surface area contributed by atoms with Crippen LogP contribution in [0.2, 0.25) is 0 Å². The van der Waals surface area contributed by atoms with E-state index in [1.807, 2.05) is 0 Å². The highest BCUT2D eigenvalue weighted by atomic mass is 16.7. The average molecular weight is 301 g/mol. The summed E-state index contributed by atoms with van der Waals surface area (Å²) in [4.78, 5) is 0. The Morgan fingerprint density at radius 1 is 0.571 bits per heavy atom. The van der Waals surface area contributed by atoms with Crippen LogP contribution in [0.15, 0.2) is 0 Å². The maximum absolute atomic E-state index is 5.94. The Bertz CT molecular complexity index is 194. The lowest BCUT2D eigenvalue weighted by molar-refractivity contribution is -0.152. The number of hydrogen-bond acceptors (Lipinski definition) is 2. The van der Waals surface area contributed by atoms with Crippen LogP contribution in [0.3, 0.4) is 0 Å². The van der Waals surface area contributed by atoms with Gasteiger partial charge in [0.15, 0.2) is 6.29 Å². The standard InChI is InChI=1S/C19H40O2/c1-16(2)11-7-9-13-20-19(15-18(5)6)21-14-10-8-12-17(3)4/h16-19H,7-15H2,1-6H3. The molecule has 0 fully saturated rings. The normalized spacial score (nSPS) is 12.3. The van der Waals surface area contributed by atoms with Crippen LogP contribution >= 0.6 is 0 Å². The molecule has 0 atom stereocenters. The zero-order chi connectivity index (χ0) is 16.1. The topological polar surface area (TPSA) is 18.5 Å². The van der Waals surface area contributed by atoms with Crippen LogP contribution in [0.4, 0.5) is 0 Å². The van der Waals surface area contributed by atoms with Crippen LogP contribution in [0.5, 0.6) is 0 Å². The van der Waals surface area contributed by atoms with Gasteiger partial charge < -0.3 is 9.47 Å². The molecule has 0 aliphatic rings. The van der Waals surface area contributed by atoms with Gasteiger partial charge >= 0.3 is 0 Å². The fraction of sp³-hybridized carbons (Fsp3) is 1.00. The number of unbranched alkanes of at least 4 members (excludes halogenated alkanes) is 2. The average Bonchev–Trinajstić information content (AvgIpc) is 2.36. The Kier molecular flexibility index (Phi) is 13.5. The van der Waals surface area contributed by atoms with Crippen LogP contribution in [0.1, 0.15) is 86.5 Å². The van der Waals surface area contributed by atoms with E-state index in [4.69, 9.17) is 9.47 Å². The van der Waals surface area contributed by atoms with Crippen molar-refractivity contribution in [1.29, 1.82) is 0 Å². The van der Waals surface area contributed by atoms with Crippen molar-refractivity contribution in [2.24, 2.45) is 17.8 Å². The van der Waals surface area contributed by atoms with Gasteiger partial charge in [0.25, 0.3) is 0 Å². The van der Waals surface area contributed by atoms with Gasteiger partial charge in [0.1, 0.15) is 0 Å². The molecule has 0 aromatic carbocycles. The zero-order valence-corrected chi connectivity index (χ0v) is 15.5. The summed E-state index contributed by atoms with van der Waals surface area (Å²) in [5, 5.41) is 0. The molecule has 0 aromatic heterocycles. The summed E-state index contributed by atoms with van der Waals surface area (Å²) < 4.78 is 11.9. The van der Waals surface area contributed by atoms with Crippen molar-refractivity contribution in [3.05, 3.63) is 0 Å². The van der Waals surface area contributed by atoms with Crippen LogP contribution in [0.25, 0.3) is 0 Å². The minimum absolute atomic E-state index is 0.00287. The van der Waals surface area contributed by atoms with E-state index in [9.17, 15) is 0 Å². The zero-order valence-electron chi connectivity index (χ0n) is 15.5. The van der Waals surface area contributed by atoms with Crippen LogP contribution in [-0.2, 0) is 9.47 Å². The first kappa shape index (κ1) is 20.9. The monoisotopic (exact) mass is 300 g/mol. The third-order valence-electron chi connectivity index (χ3n) is 3.62. The van der Waals surface area contributed by atoms with Gasteiger partial charge in [-0.15, -0.1) is 0 Å². The van der Waals surface area contributed by atoms with Crippen molar-refractivity contribution in [3.63, 3.8) is 0 Å². The molecule has 0 aliphatic carbocycles. The summed E-state index contributed by atoms with van der Waals surface area (Å²) in [5.74, 6) is 2.23. The minimum Gasteiger partial charge on any atom is -0.353 e. The summed E-state index contributed by atoms with van der Waals surface area (Å²) in [7, 11) is 0. The highest BCUT2D eigenvalue weighted by molar-refractivity contribution is 4.53. The second kappa shape index (κ2) is 13.6. The molecule has 0 heterocycles. The summed E-state index contributed by atoms with van der Waals surface area (Å²) in [6, 6.07) is 0. The highest BCUT2D eigenvalue weighted by Gasteiger charge is 2.11. The Labute approximate surface area is 134 Å². The molecule has 0 saturated heterocycles. The molecule has 0 unspecified atom stereocenters. The molecule has 0 aliphatic heterocycles. The number of ether oxygens (including phenoxy) is 2. The van der Waals surface area contributed by atoms with Gasteiger partial charge in [0, 0.05) is 19.6 Å². The van der Waals surface area contributed by atoms with Crippen LogP contribution in [0, 0.1) is 17.8 Å². The lowest BCUT2D eigenvalue weighted by Gasteiger charge is -2.20. The van der Waals surface area contributed by atoms with E-state index in [0.717, 1.165) is 44.3 Å².